The Bertz CT molecular complexity index is 876. The minimum absolute atomic E-state index is 0.0473. The van der Waals surface area contributed by atoms with Crippen molar-refractivity contribution >= 4 is 11.9 Å². The van der Waals surface area contributed by atoms with Crippen LogP contribution in [0.2, 0.25) is 0 Å². The van der Waals surface area contributed by atoms with Crippen LogP contribution in [0.1, 0.15) is 28.5 Å². The van der Waals surface area contributed by atoms with Gasteiger partial charge in [0.2, 0.25) is 0 Å². The fourth-order valence-electron chi connectivity index (χ4n) is 2.59. The molecular formula is C20H19N3O3. The molecule has 0 radical (unpaired) electrons. The molecular weight excluding hydrogens is 330 g/mol. The molecule has 1 heterocycles. The third-order valence-electron chi connectivity index (χ3n) is 3.95. The lowest BCUT2D eigenvalue weighted by Gasteiger charge is -2.17. The number of esters is 1. The number of methoxy groups -OCH3 is 1. The highest BCUT2D eigenvalue weighted by atomic mass is 16.5. The summed E-state index contributed by atoms with van der Waals surface area (Å²) in [4.78, 5) is 24.3. The second-order valence-corrected chi connectivity index (χ2v) is 5.70. The van der Waals surface area contributed by atoms with Gasteiger partial charge in [-0.25, -0.2) is 4.68 Å². The van der Waals surface area contributed by atoms with Crippen molar-refractivity contribution in [3.8, 4) is 5.69 Å². The summed E-state index contributed by atoms with van der Waals surface area (Å²) in [7, 11) is 1.33. The van der Waals surface area contributed by atoms with Gasteiger partial charge in [-0.2, -0.15) is 5.10 Å². The van der Waals surface area contributed by atoms with Gasteiger partial charge in [-0.1, -0.05) is 48.5 Å². The molecule has 26 heavy (non-hydrogen) atoms. The molecule has 132 valence electrons. The lowest BCUT2D eigenvalue weighted by Crippen LogP contribution is -2.30. The number of hydrogen-bond donors (Lipinski definition) is 1. The number of hydrogen-bond acceptors (Lipinski definition) is 4. The summed E-state index contributed by atoms with van der Waals surface area (Å²) in [5.74, 6) is -0.744. The van der Waals surface area contributed by atoms with Gasteiger partial charge in [0, 0.05) is 6.20 Å². The van der Waals surface area contributed by atoms with E-state index in [0.29, 0.717) is 0 Å². The highest BCUT2D eigenvalue weighted by Gasteiger charge is 2.20. The molecule has 2 aromatic carbocycles. The van der Waals surface area contributed by atoms with E-state index in [1.54, 1.807) is 16.9 Å². The second kappa shape index (κ2) is 8.11. The van der Waals surface area contributed by atoms with E-state index in [2.05, 4.69) is 10.4 Å². The molecule has 0 bridgehead atoms. The van der Waals surface area contributed by atoms with Gasteiger partial charge in [-0.05, 0) is 23.8 Å². The fraction of sp³-hybridized carbons (Fsp3) is 0.150. The average molecular weight is 349 g/mol. The number of carbonyl (C=O) groups is 2. The van der Waals surface area contributed by atoms with E-state index in [0.717, 1.165) is 11.3 Å². The summed E-state index contributed by atoms with van der Waals surface area (Å²) >= 11 is 0. The Balaban J connectivity index is 1.77. The Labute approximate surface area is 151 Å². The molecule has 6 nitrogen and oxygen atoms in total. The Hall–Kier alpha value is -3.41. The van der Waals surface area contributed by atoms with E-state index in [-0.39, 0.29) is 18.0 Å². The van der Waals surface area contributed by atoms with Crippen LogP contribution >= 0.6 is 0 Å². The summed E-state index contributed by atoms with van der Waals surface area (Å²) in [6, 6.07) is 20.0. The molecule has 3 rings (SSSR count). The van der Waals surface area contributed by atoms with Crippen LogP contribution in [0, 0.1) is 0 Å². The normalized spacial score (nSPS) is 11.6. The van der Waals surface area contributed by atoms with Crippen LogP contribution in [0.15, 0.2) is 72.9 Å². The van der Waals surface area contributed by atoms with Crippen molar-refractivity contribution in [3.05, 3.63) is 84.2 Å². The van der Waals surface area contributed by atoms with E-state index < -0.39 is 12.0 Å². The first-order valence-electron chi connectivity index (χ1n) is 8.21. The molecule has 0 unspecified atom stereocenters. The highest BCUT2D eigenvalue weighted by Crippen LogP contribution is 2.18. The Morgan fingerprint density at radius 1 is 1.04 bits per heavy atom. The molecule has 1 aromatic heterocycles. The van der Waals surface area contributed by atoms with Crippen LogP contribution < -0.4 is 5.32 Å². The number of nitrogens with zero attached hydrogens (tertiary/aromatic N) is 2. The van der Waals surface area contributed by atoms with Crippen LogP contribution in [-0.2, 0) is 9.53 Å². The first-order valence-corrected chi connectivity index (χ1v) is 8.21. The predicted octanol–water partition coefficient (Wildman–Crippen LogP) is 2.91. The first kappa shape index (κ1) is 17.4. The largest absolute Gasteiger partial charge is 0.469 e. The van der Waals surface area contributed by atoms with Gasteiger partial charge in [0.1, 0.15) is 0 Å². The van der Waals surface area contributed by atoms with Gasteiger partial charge < -0.3 is 10.1 Å². The summed E-state index contributed by atoms with van der Waals surface area (Å²) in [6.07, 6.45) is 1.77. The SMILES string of the molecule is COC(=O)C[C@H](NC(=O)c1ccn(-c2ccccc2)n1)c1ccccc1. The quantitative estimate of drug-likeness (QED) is 0.695. The Kier molecular flexibility index (Phi) is 5.43. The van der Waals surface area contributed by atoms with Gasteiger partial charge >= 0.3 is 5.97 Å². The smallest absolute Gasteiger partial charge is 0.307 e. The molecule has 1 amide bonds. The van der Waals surface area contributed by atoms with Crippen LogP contribution in [0.4, 0.5) is 0 Å². The van der Waals surface area contributed by atoms with Crippen LogP contribution in [-0.4, -0.2) is 28.8 Å². The molecule has 0 spiro atoms. The van der Waals surface area contributed by atoms with Crippen molar-refractivity contribution < 1.29 is 14.3 Å². The number of rotatable bonds is 6. The highest BCUT2D eigenvalue weighted by molar-refractivity contribution is 5.92. The monoisotopic (exact) mass is 349 g/mol. The molecule has 0 fully saturated rings. The molecule has 1 N–H and O–H groups in total. The summed E-state index contributed by atoms with van der Waals surface area (Å²) in [5.41, 5.74) is 1.97. The second-order valence-electron chi connectivity index (χ2n) is 5.70. The first-order chi connectivity index (χ1) is 12.7. The topological polar surface area (TPSA) is 73.2 Å². The van der Waals surface area contributed by atoms with E-state index in [1.165, 1.54) is 7.11 Å². The third-order valence-corrected chi connectivity index (χ3v) is 3.95. The molecule has 1 atom stereocenters. The molecule has 0 aliphatic carbocycles. The summed E-state index contributed by atoms with van der Waals surface area (Å²) < 4.78 is 6.37. The van der Waals surface area contributed by atoms with Crippen LogP contribution in [0.5, 0.6) is 0 Å². The van der Waals surface area contributed by atoms with E-state index in [9.17, 15) is 9.59 Å². The standard InChI is InChI=1S/C20H19N3O3/c1-26-19(24)14-18(15-8-4-2-5-9-15)21-20(25)17-12-13-23(22-17)16-10-6-3-7-11-16/h2-13,18H,14H2,1H3,(H,21,25)/t18-/m0/s1. The number of ether oxygens (including phenoxy) is 1. The zero-order valence-corrected chi connectivity index (χ0v) is 14.3. The van der Waals surface area contributed by atoms with Gasteiger partial charge in [0.15, 0.2) is 5.69 Å². The molecule has 6 heteroatoms. The fourth-order valence-corrected chi connectivity index (χ4v) is 2.59. The average Bonchev–Trinajstić information content (AvgIpc) is 3.19. The van der Waals surface area contributed by atoms with Gasteiger partial charge in [-0.15, -0.1) is 0 Å². The van der Waals surface area contributed by atoms with Crippen molar-refractivity contribution in [1.82, 2.24) is 15.1 Å². The molecule has 0 aliphatic heterocycles. The van der Waals surface area contributed by atoms with E-state index in [4.69, 9.17) is 4.74 Å². The predicted molar refractivity (Wildman–Crippen MR) is 96.8 cm³/mol. The third kappa shape index (κ3) is 4.16. The maximum absolute atomic E-state index is 12.6. The lowest BCUT2D eigenvalue weighted by molar-refractivity contribution is -0.141. The van der Waals surface area contributed by atoms with Crippen LogP contribution in [0.3, 0.4) is 0 Å². The van der Waals surface area contributed by atoms with Crippen LogP contribution in [0.25, 0.3) is 5.69 Å². The van der Waals surface area contributed by atoms with E-state index in [1.807, 2.05) is 60.7 Å². The van der Waals surface area contributed by atoms with Gasteiger partial charge in [0.05, 0.1) is 25.3 Å². The summed E-state index contributed by atoms with van der Waals surface area (Å²) in [5, 5.41) is 7.18. The van der Waals surface area contributed by atoms with Crippen molar-refractivity contribution in [1.29, 1.82) is 0 Å². The minimum Gasteiger partial charge on any atom is -0.469 e. The van der Waals surface area contributed by atoms with Crippen molar-refractivity contribution in [2.24, 2.45) is 0 Å². The molecule has 0 saturated heterocycles. The molecule has 3 aromatic rings. The maximum Gasteiger partial charge on any atom is 0.307 e. The number of nitrogens with one attached hydrogen (secondary N) is 1. The number of aromatic nitrogens is 2. The lowest BCUT2D eigenvalue weighted by atomic mass is 10.0. The van der Waals surface area contributed by atoms with Crippen molar-refractivity contribution in [2.45, 2.75) is 12.5 Å². The Morgan fingerprint density at radius 2 is 1.69 bits per heavy atom. The number of amides is 1. The van der Waals surface area contributed by atoms with E-state index >= 15 is 0 Å². The molecule has 0 saturated carbocycles. The van der Waals surface area contributed by atoms with Gasteiger partial charge in [-0.3, -0.25) is 9.59 Å². The maximum atomic E-state index is 12.6. The minimum atomic E-state index is -0.488. The number of carbonyl (C=O) groups excluding carboxylic acids is 2. The Morgan fingerprint density at radius 3 is 2.35 bits per heavy atom. The zero-order valence-electron chi connectivity index (χ0n) is 14.3. The zero-order chi connectivity index (χ0) is 18.4. The number of para-hydroxylation sites is 1. The van der Waals surface area contributed by atoms with Crippen molar-refractivity contribution in [2.75, 3.05) is 7.11 Å². The molecule has 0 aliphatic rings. The summed E-state index contributed by atoms with van der Waals surface area (Å²) in [6.45, 7) is 0. The van der Waals surface area contributed by atoms with Gasteiger partial charge in [0.25, 0.3) is 5.91 Å². The van der Waals surface area contributed by atoms with Crippen molar-refractivity contribution in [3.63, 3.8) is 0 Å². The number of benzene rings is 2.